The molecule has 2 saturated heterocycles. The zero-order valence-corrected chi connectivity index (χ0v) is 34.3. The van der Waals surface area contributed by atoms with Crippen molar-refractivity contribution in [3.8, 4) is 0 Å². The Morgan fingerprint density at radius 3 is 1.66 bits per heavy atom. The number of H-pyrrole nitrogens is 2. The van der Waals surface area contributed by atoms with E-state index < -0.39 is 95.9 Å². The molecule has 2 fully saturated rings. The first-order valence-corrected chi connectivity index (χ1v) is 21.8. The van der Waals surface area contributed by atoms with Crippen LogP contribution in [0.25, 0.3) is 0 Å². The van der Waals surface area contributed by atoms with Crippen molar-refractivity contribution in [1.29, 1.82) is 0 Å². The van der Waals surface area contributed by atoms with Crippen LogP contribution >= 0.6 is 18.7 Å². The number of nitrogens with one attached hydrogen (secondary N) is 2. The van der Waals surface area contributed by atoms with Gasteiger partial charge in [-0.1, -0.05) is 13.8 Å². The summed E-state index contributed by atoms with van der Waals surface area (Å²) < 4.78 is 44.7. The summed E-state index contributed by atoms with van der Waals surface area (Å²) in [7, 11) is 3.01. The van der Waals surface area contributed by atoms with Crippen LogP contribution in [0.3, 0.4) is 0 Å². The maximum absolute atomic E-state index is 12.1. The summed E-state index contributed by atoms with van der Waals surface area (Å²) >= 11 is -6.03. The number of benzene rings is 1. The number of halogens is 1. The normalized spacial score (nSPS) is 26.8. The van der Waals surface area contributed by atoms with Gasteiger partial charge in [0.2, 0.25) is 0 Å². The van der Waals surface area contributed by atoms with Gasteiger partial charge < -0.3 is 28.8 Å². The van der Waals surface area contributed by atoms with Gasteiger partial charge in [-0.2, -0.15) is 0 Å². The third kappa shape index (κ3) is 9.34. The number of rotatable bonds is 9. The predicted molar refractivity (Wildman–Crippen MR) is 203 cm³/mol. The van der Waals surface area contributed by atoms with Gasteiger partial charge in [0.05, 0.1) is 12.7 Å². The van der Waals surface area contributed by atoms with E-state index in [9.17, 15) is 48.3 Å². The number of aliphatic hydroxyl groups excluding tert-OH is 1. The molecule has 0 saturated carbocycles. The minimum atomic E-state index is -6.03. The second-order valence-corrected chi connectivity index (χ2v) is 19.6. The number of aldehydes is 1. The Bertz CT molecular complexity index is 2210. The first-order valence-electron chi connectivity index (χ1n) is 17.2. The second-order valence-electron chi connectivity index (χ2n) is 12.8. The van der Waals surface area contributed by atoms with Crippen LogP contribution in [0.5, 0.6) is 0 Å². The number of hydrogen-bond donors (Lipinski definition) is 3. The molecule has 6 rings (SSSR count). The molecule has 0 aliphatic carbocycles. The van der Waals surface area contributed by atoms with Crippen LogP contribution in [0, 0.1) is 15.4 Å². The maximum atomic E-state index is 12.1. The van der Waals surface area contributed by atoms with E-state index in [0.29, 0.717) is 6.29 Å². The molecular formula is C35H43IN4O18. The summed E-state index contributed by atoms with van der Waals surface area (Å²) in [5, 5.41) is 9.20. The second kappa shape index (κ2) is 18.5. The molecule has 318 valence electrons. The summed E-state index contributed by atoms with van der Waals surface area (Å²) in [6.07, 6.45) is 0.221. The van der Waals surface area contributed by atoms with E-state index in [1.807, 2.05) is 13.8 Å². The number of ether oxygens (including phenoxy) is 4. The zero-order valence-electron chi connectivity index (χ0n) is 32.2. The minimum absolute atomic E-state index is 0.0142. The summed E-state index contributed by atoms with van der Waals surface area (Å²) in [5.74, 6) is -3.86. The molecule has 0 amide bonds. The number of aromatic amines is 2. The fourth-order valence-electron chi connectivity index (χ4n) is 6.27. The van der Waals surface area contributed by atoms with Crippen molar-refractivity contribution in [2.24, 2.45) is 11.8 Å². The number of aliphatic hydroxyl groups is 1. The van der Waals surface area contributed by atoms with E-state index >= 15 is 0 Å². The fourth-order valence-corrected chi connectivity index (χ4v) is 14.0. The number of carbonyl (C=O) groups excluding carboxylic acids is 5. The Balaban J connectivity index is 0.000000194. The van der Waals surface area contributed by atoms with Crippen molar-refractivity contribution in [1.82, 2.24) is 19.1 Å². The molecule has 3 aliphatic rings. The third-order valence-electron chi connectivity index (χ3n) is 8.78. The summed E-state index contributed by atoms with van der Waals surface area (Å²) in [4.78, 5) is 107. The van der Waals surface area contributed by atoms with Crippen molar-refractivity contribution in [3.63, 3.8) is 0 Å². The van der Waals surface area contributed by atoms with Gasteiger partial charge in [0.15, 0.2) is 12.5 Å². The van der Waals surface area contributed by atoms with Gasteiger partial charge in [-0.3, -0.25) is 28.7 Å². The maximum Gasteiger partial charge on any atom is 0.330 e. The molecule has 1 aromatic carbocycles. The molecule has 3 aliphatic heterocycles. The molecule has 3 aromatic rings. The van der Waals surface area contributed by atoms with Crippen LogP contribution in [0.4, 0.5) is 0 Å². The van der Waals surface area contributed by atoms with Crippen LogP contribution in [0.1, 0.15) is 57.4 Å². The number of carbonyl (C=O) groups is 5. The van der Waals surface area contributed by atoms with Gasteiger partial charge in [0, 0.05) is 50.6 Å². The van der Waals surface area contributed by atoms with E-state index in [0.717, 1.165) is 20.8 Å². The average Bonchev–Trinajstić information content (AvgIpc) is 3.73. The van der Waals surface area contributed by atoms with E-state index in [1.54, 1.807) is 6.07 Å². The average molecular weight is 935 g/mol. The molecule has 2 aromatic heterocycles. The minimum Gasteiger partial charge on any atom is -0.394 e. The molecule has 2 unspecified atom stereocenters. The van der Waals surface area contributed by atoms with Crippen molar-refractivity contribution >= 4 is 48.9 Å². The van der Waals surface area contributed by atoms with E-state index in [1.165, 1.54) is 66.1 Å². The SMILES string of the molecule is CC(=O)OI1(OC(C)=O)(OC(C)=O)OC(=O)c2ccccc21.COC1[C@@H](C)[C@@H](C=O)O[C@H]1n1ccc(=O)[nH]c1=O.COC1[C@@H](C)[C@@H](CO)O[C@H]1n1ccc(=O)[nH]c1=O. The van der Waals surface area contributed by atoms with E-state index in [-0.39, 0.29) is 33.7 Å². The van der Waals surface area contributed by atoms with Gasteiger partial charge >= 0.3 is 140 Å². The smallest absolute Gasteiger partial charge is 0.330 e. The van der Waals surface area contributed by atoms with Crippen LogP contribution in [-0.4, -0.2) is 99.6 Å². The number of nitrogens with zero attached hydrogens (tertiary/aromatic N) is 2. The molecule has 22 nitrogen and oxygen atoms in total. The van der Waals surface area contributed by atoms with Gasteiger partial charge in [-0.25, -0.2) is 9.59 Å². The van der Waals surface area contributed by atoms with Gasteiger partial charge in [-0.15, -0.1) is 0 Å². The van der Waals surface area contributed by atoms with Crippen LogP contribution < -0.4 is 22.5 Å². The molecule has 23 heteroatoms. The Hall–Kier alpha value is -5.34. The van der Waals surface area contributed by atoms with Gasteiger partial charge in [0.1, 0.15) is 24.6 Å². The summed E-state index contributed by atoms with van der Waals surface area (Å²) in [5.41, 5.74) is -2.08. The van der Waals surface area contributed by atoms with Gasteiger partial charge in [0.25, 0.3) is 11.1 Å². The van der Waals surface area contributed by atoms with E-state index in [4.69, 9.17) is 31.2 Å². The van der Waals surface area contributed by atoms with Crippen molar-refractivity contribution in [2.45, 2.75) is 71.5 Å². The quantitative estimate of drug-likeness (QED) is 0.192. The largest absolute Gasteiger partial charge is 0.394 e. The topological polar surface area (TPSA) is 289 Å². The zero-order chi connectivity index (χ0) is 43.1. The van der Waals surface area contributed by atoms with E-state index in [2.05, 4.69) is 9.97 Å². The molecule has 8 atom stereocenters. The van der Waals surface area contributed by atoms with Gasteiger partial charge in [-0.05, 0) is 0 Å². The molecular weight excluding hydrogens is 891 g/mol. The Kier molecular flexibility index (Phi) is 14.5. The Morgan fingerprint density at radius 2 is 1.22 bits per heavy atom. The van der Waals surface area contributed by atoms with Crippen molar-refractivity contribution < 1.29 is 60.3 Å². The first kappa shape index (κ1) is 45.4. The third-order valence-corrected chi connectivity index (χ3v) is 16.9. The fraction of sp³-hybridized carbons (Fsp3) is 0.457. The number of aromatic nitrogens is 4. The number of hydrogen-bond acceptors (Lipinski definition) is 18. The summed E-state index contributed by atoms with van der Waals surface area (Å²) in [6.45, 7) is 6.62. The first-order chi connectivity index (χ1) is 27.3. The molecule has 58 heavy (non-hydrogen) atoms. The standard InChI is InChI=1S/C13H13IO8.C11H16N2O5.C11H14N2O5/c1-8(15)19-14(20-9(2)16,21-10(3)17)12-7-5-4-6-11(12)13(18)22-14;2*1-6-7(5-14)18-10(9(6)17-2)13-4-3-8(15)12-11(13)16/h4-7H,1-3H3;3-4,6-7,9-10,14H,5H2,1-2H3,(H,12,15,16);3-7,9-10H,1-2H3,(H,12,15,16)/t;2*6-,7+,9?,10+/m.00/s1. The molecule has 3 N–H and O–H groups in total. The molecule has 0 bridgehead atoms. The number of methoxy groups -OCH3 is 2. The van der Waals surface area contributed by atoms with Crippen molar-refractivity contribution in [3.05, 3.63) is 99.6 Å². The number of fused-ring (bicyclic) bond motifs is 1. The van der Waals surface area contributed by atoms with Crippen LogP contribution in [0.2, 0.25) is 0 Å². The molecule has 0 radical (unpaired) electrons. The van der Waals surface area contributed by atoms with Crippen molar-refractivity contribution in [2.75, 3.05) is 20.8 Å². The summed E-state index contributed by atoms with van der Waals surface area (Å²) in [6, 6.07) is 8.27. The monoisotopic (exact) mass is 934 g/mol. The molecule has 0 spiro atoms. The van der Waals surface area contributed by atoms with Crippen LogP contribution in [-0.2, 0) is 50.4 Å². The molecule has 5 heterocycles. The Morgan fingerprint density at radius 1 is 0.759 bits per heavy atom. The Labute approximate surface area is 331 Å². The predicted octanol–water partition coefficient (Wildman–Crippen LogP) is 0.315. The van der Waals surface area contributed by atoms with Crippen LogP contribution in [0.15, 0.2) is 68.0 Å².